The number of aliphatic hydroxyl groups is 1. The van der Waals surface area contributed by atoms with Crippen molar-refractivity contribution in [3.8, 4) is 0 Å². The molecule has 5 atom stereocenters. The van der Waals surface area contributed by atoms with Crippen LogP contribution in [-0.4, -0.2) is 10.9 Å². The Morgan fingerprint density at radius 1 is 1.27 bits per heavy atom. The number of carbonyl (C=O) groups is 1. The van der Waals surface area contributed by atoms with Crippen LogP contribution in [0.15, 0.2) is 36.6 Å². The lowest BCUT2D eigenvalue weighted by Gasteiger charge is -2.61. The smallest absolute Gasteiger partial charge is 0.222 e. The standard InChI is InChI=1S/C20H28O2/c1-6-18(3)9-10-20(5)14(12-18)7-8-19(4)13(2)17(22)15(21)11-16(19)20/h6,11,14,16,21H,1-2,7-10,12H2,3-5H3. The first kappa shape index (κ1) is 15.6. The van der Waals surface area contributed by atoms with Gasteiger partial charge in [0.05, 0.1) is 0 Å². The van der Waals surface area contributed by atoms with Crippen molar-refractivity contribution < 1.29 is 9.90 Å². The van der Waals surface area contributed by atoms with Gasteiger partial charge in [-0.3, -0.25) is 4.79 Å². The molecule has 3 aliphatic rings. The molecule has 0 aliphatic heterocycles. The molecule has 2 heteroatoms. The van der Waals surface area contributed by atoms with Crippen LogP contribution in [0.25, 0.3) is 0 Å². The lowest BCUT2D eigenvalue weighted by Crippen LogP contribution is -2.54. The van der Waals surface area contributed by atoms with Gasteiger partial charge >= 0.3 is 0 Å². The molecule has 22 heavy (non-hydrogen) atoms. The van der Waals surface area contributed by atoms with Gasteiger partial charge in [-0.05, 0) is 60.8 Å². The Hall–Kier alpha value is -1.31. The molecule has 2 nitrogen and oxygen atoms in total. The Morgan fingerprint density at radius 3 is 2.59 bits per heavy atom. The van der Waals surface area contributed by atoms with Crippen LogP contribution >= 0.6 is 0 Å². The fourth-order valence-corrected chi connectivity index (χ4v) is 5.40. The zero-order chi connectivity index (χ0) is 16.3. The van der Waals surface area contributed by atoms with Crippen LogP contribution in [-0.2, 0) is 4.79 Å². The van der Waals surface area contributed by atoms with Gasteiger partial charge in [-0.25, -0.2) is 0 Å². The molecule has 0 amide bonds. The highest BCUT2D eigenvalue weighted by molar-refractivity contribution is 6.08. The van der Waals surface area contributed by atoms with Crippen LogP contribution in [0.3, 0.4) is 0 Å². The Kier molecular flexibility index (Phi) is 3.25. The predicted octanol–water partition coefficient (Wildman–Crippen LogP) is 4.98. The van der Waals surface area contributed by atoms with E-state index in [0.29, 0.717) is 11.5 Å². The minimum atomic E-state index is -0.257. The number of carbonyl (C=O) groups excluding carboxylic acids is 1. The van der Waals surface area contributed by atoms with E-state index in [2.05, 4.69) is 40.0 Å². The zero-order valence-corrected chi connectivity index (χ0v) is 14.1. The first-order valence-corrected chi connectivity index (χ1v) is 8.45. The third kappa shape index (κ3) is 1.89. The van der Waals surface area contributed by atoms with E-state index >= 15 is 0 Å². The normalized spacial score (nSPS) is 48.2. The third-order valence-electron chi connectivity index (χ3n) is 7.30. The summed E-state index contributed by atoms with van der Waals surface area (Å²) in [6.07, 6.45) is 9.50. The lowest BCUT2D eigenvalue weighted by atomic mass is 9.43. The number of aliphatic hydroxyl groups excluding tert-OH is 1. The maximum atomic E-state index is 12.2. The van der Waals surface area contributed by atoms with Crippen molar-refractivity contribution in [1.29, 1.82) is 0 Å². The van der Waals surface area contributed by atoms with E-state index in [4.69, 9.17) is 0 Å². The van der Waals surface area contributed by atoms with E-state index in [0.717, 1.165) is 32.1 Å². The molecule has 0 aromatic rings. The number of allylic oxidation sites excluding steroid dienone is 3. The summed E-state index contributed by atoms with van der Waals surface area (Å²) in [5, 5.41) is 10.1. The average Bonchev–Trinajstić information content (AvgIpc) is 2.49. The summed E-state index contributed by atoms with van der Waals surface area (Å²) in [4.78, 5) is 12.2. The predicted molar refractivity (Wildman–Crippen MR) is 89.4 cm³/mol. The van der Waals surface area contributed by atoms with E-state index in [-0.39, 0.29) is 33.7 Å². The number of hydrogen-bond donors (Lipinski definition) is 1. The van der Waals surface area contributed by atoms with Crippen LogP contribution in [0.4, 0.5) is 0 Å². The zero-order valence-electron chi connectivity index (χ0n) is 14.1. The fraction of sp³-hybridized carbons (Fsp3) is 0.650. The average molecular weight is 300 g/mol. The molecule has 0 radical (unpaired) electrons. The van der Waals surface area contributed by atoms with E-state index in [1.165, 1.54) is 0 Å². The highest BCUT2D eigenvalue weighted by atomic mass is 16.3. The minimum absolute atomic E-state index is 0.0913. The van der Waals surface area contributed by atoms with Gasteiger partial charge in [0.25, 0.3) is 0 Å². The van der Waals surface area contributed by atoms with Crippen molar-refractivity contribution in [3.05, 3.63) is 36.6 Å². The Bertz CT molecular complexity index is 587. The second-order valence-electron chi connectivity index (χ2n) is 8.56. The van der Waals surface area contributed by atoms with Gasteiger partial charge in [-0.1, -0.05) is 33.4 Å². The van der Waals surface area contributed by atoms with Gasteiger partial charge < -0.3 is 5.11 Å². The van der Waals surface area contributed by atoms with E-state index in [1.54, 1.807) is 0 Å². The SMILES string of the molecule is C=CC1(C)CCC2(C)C(CCC3(C)C(=C)C(=O)C(O)=CC32)C1. The highest BCUT2D eigenvalue weighted by Crippen LogP contribution is 2.65. The maximum Gasteiger partial charge on any atom is 0.222 e. The Morgan fingerprint density at radius 2 is 1.95 bits per heavy atom. The number of rotatable bonds is 1. The maximum absolute atomic E-state index is 12.2. The first-order chi connectivity index (χ1) is 10.2. The number of hydrogen-bond acceptors (Lipinski definition) is 2. The Labute approximate surface area is 134 Å². The molecule has 3 rings (SSSR count). The van der Waals surface area contributed by atoms with Crippen molar-refractivity contribution in [3.63, 3.8) is 0 Å². The molecule has 0 spiro atoms. The van der Waals surface area contributed by atoms with Crippen LogP contribution in [0.5, 0.6) is 0 Å². The van der Waals surface area contributed by atoms with Crippen LogP contribution in [0.1, 0.15) is 52.9 Å². The van der Waals surface area contributed by atoms with Crippen LogP contribution < -0.4 is 0 Å². The van der Waals surface area contributed by atoms with Crippen molar-refractivity contribution in [2.75, 3.05) is 0 Å². The summed E-state index contributed by atoms with van der Waals surface area (Å²) in [6, 6.07) is 0. The highest BCUT2D eigenvalue weighted by Gasteiger charge is 2.58. The molecule has 0 aromatic heterocycles. The summed E-state index contributed by atoms with van der Waals surface area (Å²) in [5.74, 6) is 0.477. The largest absolute Gasteiger partial charge is 0.504 e. The van der Waals surface area contributed by atoms with Gasteiger partial charge in [-0.2, -0.15) is 0 Å². The van der Waals surface area contributed by atoms with Crippen molar-refractivity contribution in [1.82, 2.24) is 0 Å². The van der Waals surface area contributed by atoms with Crippen molar-refractivity contribution in [2.24, 2.45) is 28.1 Å². The number of fused-ring (bicyclic) bond motifs is 3. The minimum Gasteiger partial charge on any atom is -0.504 e. The van der Waals surface area contributed by atoms with Crippen LogP contribution in [0.2, 0.25) is 0 Å². The molecule has 120 valence electrons. The quantitative estimate of drug-likeness (QED) is 0.547. The first-order valence-electron chi connectivity index (χ1n) is 8.45. The van der Waals surface area contributed by atoms with Gasteiger partial charge in [0, 0.05) is 11.0 Å². The lowest BCUT2D eigenvalue weighted by molar-refractivity contribution is -0.121. The summed E-state index contributed by atoms with van der Waals surface area (Å²) in [5.41, 5.74) is 0.767. The molecular weight excluding hydrogens is 272 g/mol. The molecule has 3 aliphatic carbocycles. The van der Waals surface area contributed by atoms with Gasteiger partial charge in [0.15, 0.2) is 5.76 Å². The summed E-state index contributed by atoms with van der Waals surface area (Å²) in [7, 11) is 0. The van der Waals surface area contributed by atoms with Gasteiger partial charge in [0.2, 0.25) is 5.78 Å². The van der Waals surface area contributed by atoms with Gasteiger partial charge in [-0.15, -0.1) is 6.58 Å². The topological polar surface area (TPSA) is 37.3 Å². The Balaban J connectivity index is 2.04. The summed E-state index contributed by atoms with van der Waals surface area (Å²) < 4.78 is 0. The molecule has 2 fully saturated rings. The number of Topliss-reactive ketones (excluding diaryl/α,β-unsaturated/α-hetero) is 1. The molecule has 0 heterocycles. The van der Waals surface area contributed by atoms with Crippen LogP contribution in [0, 0.1) is 28.1 Å². The molecule has 0 aromatic carbocycles. The van der Waals surface area contributed by atoms with Crippen molar-refractivity contribution in [2.45, 2.75) is 52.9 Å². The second kappa shape index (κ2) is 4.59. The molecular formula is C20H28O2. The molecule has 2 saturated carbocycles. The van der Waals surface area contributed by atoms with Gasteiger partial charge in [0.1, 0.15) is 0 Å². The molecule has 1 N–H and O–H groups in total. The monoisotopic (exact) mass is 300 g/mol. The second-order valence-corrected chi connectivity index (χ2v) is 8.56. The molecule has 0 saturated heterocycles. The van der Waals surface area contributed by atoms with E-state index in [9.17, 15) is 9.90 Å². The van der Waals surface area contributed by atoms with E-state index < -0.39 is 0 Å². The van der Waals surface area contributed by atoms with Crippen molar-refractivity contribution >= 4 is 5.78 Å². The molecule has 0 bridgehead atoms. The summed E-state index contributed by atoms with van der Waals surface area (Å²) in [6.45, 7) is 14.9. The van der Waals surface area contributed by atoms with E-state index in [1.807, 2.05) is 6.08 Å². The number of ketones is 1. The third-order valence-corrected chi connectivity index (χ3v) is 7.30. The fourth-order valence-electron chi connectivity index (χ4n) is 5.40. The molecule has 5 unspecified atom stereocenters. The summed E-state index contributed by atoms with van der Waals surface area (Å²) >= 11 is 0.